The molecule has 6 rings (SSSR count). The fourth-order valence-corrected chi connectivity index (χ4v) is 6.91. The van der Waals surface area contributed by atoms with Crippen LogP contribution in [0.25, 0.3) is 35.2 Å². The number of esters is 1. The Balaban J connectivity index is 0.00000417. The molecule has 8 heteroatoms. The van der Waals surface area contributed by atoms with Crippen LogP contribution in [-0.4, -0.2) is 41.4 Å². The van der Waals surface area contributed by atoms with E-state index in [0.29, 0.717) is 17.7 Å². The summed E-state index contributed by atoms with van der Waals surface area (Å²) in [4.78, 5) is 41.4. The van der Waals surface area contributed by atoms with Gasteiger partial charge < -0.3 is 25.0 Å². The average Bonchev–Trinajstić information content (AvgIpc) is 3.74. The van der Waals surface area contributed by atoms with Crippen molar-refractivity contribution in [1.29, 1.82) is 0 Å². The van der Waals surface area contributed by atoms with E-state index in [1.165, 1.54) is 0 Å². The zero-order chi connectivity index (χ0) is 32.2. The van der Waals surface area contributed by atoms with Crippen molar-refractivity contribution in [3.63, 3.8) is 0 Å². The summed E-state index contributed by atoms with van der Waals surface area (Å²) < 4.78 is 5.48. The SMILES string of the molecule is C=Cc1c2[n-]c(c1C)/C=C1\[N-]/C(=C3/CC(=O)c4c3[n-]c(c4C)/C=c3\[n-]/c(c(C)c3CC)=C\2)[C@@H](CCC(=O)OCC=C(C)C)[C@@H]1C.[Mg+2]. The Morgan fingerprint density at radius 3 is 2.41 bits per heavy atom. The van der Waals surface area contributed by atoms with Crippen LogP contribution in [0.3, 0.4) is 0 Å². The van der Waals surface area contributed by atoms with Gasteiger partial charge in [-0.1, -0.05) is 78.1 Å². The molecule has 8 bridgehead atoms. The normalized spacial score (nSPS) is 22.1. The molecule has 0 aromatic carbocycles. The first-order valence-corrected chi connectivity index (χ1v) is 15.8. The number of allylic oxidation sites excluding steroid dienone is 4. The summed E-state index contributed by atoms with van der Waals surface area (Å²) >= 11 is 0. The predicted octanol–water partition coefficient (Wildman–Crippen LogP) is 5.55. The predicted molar refractivity (Wildman–Crippen MR) is 185 cm³/mol. The summed E-state index contributed by atoms with van der Waals surface area (Å²) in [6.45, 7) is 18.7. The largest absolute Gasteiger partial charge is 2.00 e. The van der Waals surface area contributed by atoms with E-state index in [2.05, 4.69) is 40.3 Å². The summed E-state index contributed by atoms with van der Waals surface area (Å²) in [6.07, 6.45) is 11.8. The molecular formula is C38H40MgN4O3-2. The molecule has 2 aliphatic heterocycles. The molecular weight excluding hydrogens is 585 g/mol. The second-order valence-electron chi connectivity index (χ2n) is 12.6. The standard InChI is InChI=1S/C38H41N4O3.Mg/c1-9-24-20(5)28-16-30-22(7)26(11-12-35(44)45-14-13-19(3)4)37(41-30)27-15-34(43)36-23(8)31(42-38(27)36)18-33-25(10-2)21(6)29(40-33)17-32(24)39-28;/h9,13,16-18,22,26H,1,10-12,14-15H2,2-8H3,(H-,41,42,43);/q-3;+2/p-1/b29-17-,30-16-,33-18-;/t22-,26-;/m0./s1. The van der Waals surface area contributed by atoms with Crippen molar-refractivity contribution in [3.8, 4) is 0 Å². The Morgan fingerprint density at radius 1 is 1.00 bits per heavy atom. The van der Waals surface area contributed by atoms with Crippen molar-refractivity contribution < 1.29 is 14.3 Å². The number of hydrogen-bond donors (Lipinski definition) is 0. The average molecular weight is 625 g/mol. The third kappa shape index (κ3) is 5.82. The van der Waals surface area contributed by atoms with Gasteiger partial charge in [0.25, 0.3) is 0 Å². The number of carbonyl (C=O) groups is 2. The molecule has 2 atom stereocenters. The van der Waals surface area contributed by atoms with Crippen LogP contribution in [-0.2, 0) is 16.0 Å². The van der Waals surface area contributed by atoms with Crippen molar-refractivity contribution in [2.45, 2.75) is 74.1 Å². The zero-order valence-electron chi connectivity index (χ0n) is 28.0. The Labute approximate surface area is 287 Å². The van der Waals surface area contributed by atoms with Gasteiger partial charge in [-0.15, -0.1) is 33.5 Å². The van der Waals surface area contributed by atoms with E-state index >= 15 is 0 Å². The number of ether oxygens (including phenoxy) is 1. The van der Waals surface area contributed by atoms with Gasteiger partial charge in [0.05, 0.1) is 0 Å². The number of Topliss-reactive ketones (excluding diaryl/α,β-unsaturated/α-hetero) is 1. The van der Waals surface area contributed by atoms with E-state index < -0.39 is 0 Å². The van der Waals surface area contributed by atoms with Crippen molar-refractivity contribution in [3.05, 3.63) is 102 Å². The number of ketones is 1. The minimum absolute atomic E-state index is 0. The monoisotopic (exact) mass is 624 g/mol. The first kappa shape index (κ1) is 33.6. The Morgan fingerprint density at radius 2 is 1.72 bits per heavy atom. The summed E-state index contributed by atoms with van der Waals surface area (Å²) in [6, 6.07) is 0. The molecule has 3 aromatic heterocycles. The zero-order valence-corrected chi connectivity index (χ0v) is 29.4. The number of hydrogen-bond acceptors (Lipinski definition) is 3. The first-order chi connectivity index (χ1) is 21.5. The van der Waals surface area contributed by atoms with Crippen molar-refractivity contribution in [2.75, 3.05) is 6.61 Å². The molecule has 1 fully saturated rings. The molecule has 0 N–H and O–H groups in total. The summed E-state index contributed by atoms with van der Waals surface area (Å²) in [5.74, 6) is -0.257. The minimum atomic E-state index is -0.241. The second-order valence-corrected chi connectivity index (χ2v) is 12.6. The van der Waals surface area contributed by atoms with Crippen LogP contribution in [0.5, 0.6) is 0 Å². The molecule has 0 spiro atoms. The number of nitrogens with zero attached hydrogens (tertiary/aromatic N) is 4. The van der Waals surface area contributed by atoms with Gasteiger partial charge in [0.2, 0.25) is 0 Å². The second kappa shape index (κ2) is 13.2. The molecule has 0 unspecified atom stereocenters. The maximum absolute atomic E-state index is 13.5. The van der Waals surface area contributed by atoms with Crippen LogP contribution in [0.2, 0.25) is 0 Å². The van der Waals surface area contributed by atoms with E-state index in [9.17, 15) is 9.59 Å². The minimum Gasteiger partial charge on any atom is -0.664 e. The van der Waals surface area contributed by atoms with Gasteiger partial charge >= 0.3 is 29.0 Å². The van der Waals surface area contributed by atoms with Gasteiger partial charge in [0, 0.05) is 18.4 Å². The van der Waals surface area contributed by atoms with E-state index in [1.807, 2.05) is 45.1 Å². The van der Waals surface area contributed by atoms with E-state index in [4.69, 9.17) is 25.0 Å². The third-order valence-corrected chi connectivity index (χ3v) is 9.59. The van der Waals surface area contributed by atoms with Gasteiger partial charge in [-0.05, 0) is 70.9 Å². The fraction of sp³-hybridized carbons (Fsp3) is 0.368. The summed E-state index contributed by atoms with van der Waals surface area (Å²) in [5.41, 5.74) is 12.6. The summed E-state index contributed by atoms with van der Waals surface area (Å²) in [5, 5.41) is 6.93. The summed E-state index contributed by atoms with van der Waals surface area (Å²) in [7, 11) is 0. The molecule has 1 saturated heterocycles. The Kier molecular flexibility index (Phi) is 9.62. The van der Waals surface area contributed by atoms with Gasteiger partial charge in [0.1, 0.15) is 6.61 Å². The number of fused-ring (bicyclic) bond motifs is 7. The molecule has 7 nitrogen and oxygen atoms in total. The van der Waals surface area contributed by atoms with Gasteiger partial charge in [-0.2, -0.15) is 11.4 Å². The van der Waals surface area contributed by atoms with Crippen LogP contribution in [0.1, 0.15) is 108 Å². The first-order valence-electron chi connectivity index (χ1n) is 15.8. The van der Waals surface area contributed by atoms with E-state index in [1.54, 1.807) is 0 Å². The van der Waals surface area contributed by atoms with Crippen molar-refractivity contribution in [2.24, 2.45) is 11.8 Å². The van der Waals surface area contributed by atoms with Crippen molar-refractivity contribution >= 4 is 64.7 Å². The van der Waals surface area contributed by atoms with Crippen LogP contribution >= 0.6 is 0 Å². The topological polar surface area (TPSA) is 99.8 Å². The molecule has 46 heavy (non-hydrogen) atoms. The van der Waals surface area contributed by atoms with Gasteiger partial charge in [0.15, 0.2) is 5.78 Å². The molecule has 3 aromatic rings. The molecule has 1 aliphatic carbocycles. The number of aromatic nitrogens is 3. The molecule has 0 saturated carbocycles. The van der Waals surface area contributed by atoms with Crippen LogP contribution in [0, 0.1) is 32.6 Å². The van der Waals surface area contributed by atoms with Crippen LogP contribution in [0.4, 0.5) is 0 Å². The number of carbonyl (C=O) groups excluding carboxylic acids is 2. The molecule has 3 aliphatic rings. The van der Waals surface area contributed by atoms with Gasteiger partial charge in [-0.25, -0.2) is 0 Å². The van der Waals surface area contributed by atoms with Crippen LogP contribution < -0.4 is 25.7 Å². The molecule has 0 radical (unpaired) electrons. The molecule has 0 amide bonds. The van der Waals surface area contributed by atoms with Crippen LogP contribution in [0.15, 0.2) is 29.6 Å². The quantitative estimate of drug-likeness (QED) is 0.194. The molecule has 5 heterocycles. The molecule has 234 valence electrons. The smallest absolute Gasteiger partial charge is 0.664 e. The van der Waals surface area contributed by atoms with Crippen molar-refractivity contribution in [1.82, 2.24) is 15.0 Å². The third-order valence-electron chi connectivity index (χ3n) is 9.59. The maximum Gasteiger partial charge on any atom is 2.00 e. The van der Waals surface area contributed by atoms with Gasteiger partial charge in [-0.3, -0.25) is 9.59 Å². The fourth-order valence-electron chi connectivity index (χ4n) is 6.91. The van der Waals surface area contributed by atoms with E-state index in [0.717, 1.165) is 84.6 Å². The maximum atomic E-state index is 13.5. The van der Waals surface area contributed by atoms with E-state index in [-0.39, 0.29) is 66.1 Å². The Hall–Kier alpha value is -3.75. The number of rotatable bonds is 7. The Bertz CT molecular complexity index is 1970.